The van der Waals surface area contributed by atoms with Crippen molar-refractivity contribution in [2.24, 2.45) is 15.0 Å². The van der Waals surface area contributed by atoms with Crippen molar-refractivity contribution < 1.29 is 0 Å². The van der Waals surface area contributed by atoms with E-state index in [0.717, 1.165) is 30.8 Å². The first kappa shape index (κ1) is 14.1. The van der Waals surface area contributed by atoms with Crippen molar-refractivity contribution in [3.8, 4) is 0 Å². The predicted molar refractivity (Wildman–Crippen MR) is 79.4 cm³/mol. The van der Waals surface area contributed by atoms with Crippen molar-refractivity contribution in [1.29, 1.82) is 0 Å². The molecule has 0 bridgehead atoms. The van der Waals surface area contributed by atoms with Crippen LogP contribution in [0, 0.1) is 0 Å². The standard InChI is InChI=1S/C14H20N4/c1-5-8-11-18(4)12(6-2)13-14(15-7-3)17-10-9-16-13/h6-7,9-10H,2-3,5,8,11H2,1,4H3/b13-12-,15-14+. The van der Waals surface area contributed by atoms with Crippen molar-refractivity contribution in [3.05, 3.63) is 36.8 Å². The van der Waals surface area contributed by atoms with E-state index >= 15 is 0 Å². The predicted octanol–water partition coefficient (Wildman–Crippen LogP) is 2.81. The molecule has 0 aromatic carbocycles. The van der Waals surface area contributed by atoms with E-state index in [1.165, 1.54) is 6.20 Å². The van der Waals surface area contributed by atoms with Crippen LogP contribution in [-0.4, -0.2) is 36.8 Å². The second-order valence-corrected chi connectivity index (χ2v) is 3.90. The monoisotopic (exact) mass is 244 g/mol. The third-order valence-corrected chi connectivity index (χ3v) is 2.59. The van der Waals surface area contributed by atoms with E-state index in [1.54, 1.807) is 18.5 Å². The molecule has 0 aromatic rings. The van der Waals surface area contributed by atoms with Gasteiger partial charge in [0.1, 0.15) is 5.70 Å². The van der Waals surface area contributed by atoms with Gasteiger partial charge in [-0.1, -0.05) is 26.5 Å². The summed E-state index contributed by atoms with van der Waals surface area (Å²) < 4.78 is 0. The van der Waals surface area contributed by atoms with E-state index in [4.69, 9.17) is 0 Å². The Morgan fingerprint density at radius 1 is 1.39 bits per heavy atom. The average Bonchev–Trinajstić information content (AvgIpc) is 2.39. The van der Waals surface area contributed by atoms with Gasteiger partial charge in [0, 0.05) is 32.2 Å². The topological polar surface area (TPSA) is 40.3 Å². The molecular weight excluding hydrogens is 224 g/mol. The van der Waals surface area contributed by atoms with Crippen molar-refractivity contribution in [1.82, 2.24) is 4.90 Å². The first-order chi connectivity index (χ1) is 8.74. The highest BCUT2D eigenvalue weighted by atomic mass is 15.1. The first-order valence-corrected chi connectivity index (χ1v) is 6.08. The average molecular weight is 244 g/mol. The van der Waals surface area contributed by atoms with Crippen LogP contribution in [0.5, 0.6) is 0 Å². The number of allylic oxidation sites excluding steroid dienone is 1. The van der Waals surface area contributed by atoms with Gasteiger partial charge in [0.05, 0.1) is 5.70 Å². The highest BCUT2D eigenvalue weighted by molar-refractivity contribution is 6.25. The number of amidine groups is 1. The molecule has 0 spiro atoms. The Morgan fingerprint density at radius 3 is 2.72 bits per heavy atom. The number of hydrogen-bond acceptors (Lipinski definition) is 3. The Balaban J connectivity index is 3.07. The zero-order valence-corrected chi connectivity index (χ0v) is 11.1. The van der Waals surface area contributed by atoms with Crippen molar-refractivity contribution in [2.45, 2.75) is 19.8 Å². The van der Waals surface area contributed by atoms with Gasteiger partial charge in [-0.05, 0) is 12.5 Å². The summed E-state index contributed by atoms with van der Waals surface area (Å²) in [5.41, 5.74) is 1.68. The Bertz CT molecular complexity index is 427. The molecule has 0 saturated heterocycles. The molecule has 4 heteroatoms. The molecule has 0 unspecified atom stereocenters. The molecule has 0 fully saturated rings. The zero-order chi connectivity index (χ0) is 13.4. The summed E-state index contributed by atoms with van der Waals surface area (Å²) in [6, 6.07) is 0. The van der Waals surface area contributed by atoms with Crippen LogP contribution >= 0.6 is 0 Å². The van der Waals surface area contributed by atoms with Crippen LogP contribution in [-0.2, 0) is 0 Å². The molecule has 1 aliphatic heterocycles. The molecule has 0 atom stereocenters. The van der Waals surface area contributed by atoms with E-state index < -0.39 is 0 Å². The first-order valence-electron chi connectivity index (χ1n) is 6.08. The molecule has 0 aliphatic carbocycles. The van der Waals surface area contributed by atoms with Crippen LogP contribution < -0.4 is 0 Å². The van der Waals surface area contributed by atoms with E-state index in [9.17, 15) is 0 Å². The zero-order valence-electron chi connectivity index (χ0n) is 11.1. The summed E-state index contributed by atoms with van der Waals surface area (Å²) in [7, 11) is 2.03. The van der Waals surface area contributed by atoms with E-state index in [1.807, 2.05) is 7.05 Å². The summed E-state index contributed by atoms with van der Waals surface area (Å²) in [6.07, 6.45) is 8.83. The lowest BCUT2D eigenvalue weighted by atomic mass is 10.2. The SMILES string of the molecule is C=C/N=C1/N=CC=N/C1=C(/C=C)N(C)CCCC. The normalized spacial score (nSPS) is 18.9. The van der Waals surface area contributed by atoms with Crippen LogP contribution in [0.4, 0.5) is 0 Å². The fourth-order valence-corrected chi connectivity index (χ4v) is 1.64. The van der Waals surface area contributed by atoms with Gasteiger partial charge >= 0.3 is 0 Å². The van der Waals surface area contributed by atoms with Gasteiger partial charge in [0.25, 0.3) is 0 Å². The van der Waals surface area contributed by atoms with E-state index in [2.05, 4.69) is 40.0 Å². The quantitative estimate of drug-likeness (QED) is 0.708. The third-order valence-electron chi connectivity index (χ3n) is 2.59. The van der Waals surface area contributed by atoms with Gasteiger partial charge in [0.2, 0.25) is 0 Å². The number of rotatable bonds is 6. The molecule has 0 N–H and O–H groups in total. The smallest absolute Gasteiger partial charge is 0.180 e. The largest absolute Gasteiger partial charge is 0.373 e. The molecule has 0 aromatic heterocycles. The molecule has 18 heavy (non-hydrogen) atoms. The van der Waals surface area contributed by atoms with Gasteiger partial charge in [-0.15, -0.1) is 0 Å². The van der Waals surface area contributed by atoms with Crippen LogP contribution in [0.25, 0.3) is 0 Å². The second kappa shape index (κ2) is 7.37. The van der Waals surface area contributed by atoms with Crippen molar-refractivity contribution >= 4 is 18.3 Å². The molecule has 4 nitrogen and oxygen atoms in total. The molecule has 0 amide bonds. The minimum absolute atomic E-state index is 0.575. The summed E-state index contributed by atoms with van der Waals surface area (Å²) in [4.78, 5) is 14.8. The maximum absolute atomic E-state index is 4.34. The maximum Gasteiger partial charge on any atom is 0.180 e. The lowest BCUT2D eigenvalue weighted by molar-refractivity contribution is 0.415. The lowest BCUT2D eigenvalue weighted by Gasteiger charge is -2.22. The van der Waals surface area contributed by atoms with Gasteiger partial charge in [-0.3, -0.25) is 0 Å². The molecule has 1 rings (SSSR count). The second-order valence-electron chi connectivity index (χ2n) is 3.90. The van der Waals surface area contributed by atoms with Crippen LogP contribution in [0.15, 0.2) is 51.8 Å². The summed E-state index contributed by atoms with van der Waals surface area (Å²) in [5.74, 6) is 0.575. The van der Waals surface area contributed by atoms with E-state index in [0.29, 0.717) is 5.84 Å². The highest BCUT2D eigenvalue weighted by Crippen LogP contribution is 2.16. The van der Waals surface area contributed by atoms with Crippen molar-refractivity contribution in [2.75, 3.05) is 13.6 Å². The number of hydrogen-bond donors (Lipinski definition) is 0. The summed E-state index contributed by atoms with van der Waals surface area (Å²) in [5, 5.41) is 0. The highest BCUT2D eigenvalue weighted by Gasteiger charge is 2.14. The van der Waals surface area contributed by atoms with Gasteiger partial charge in [-0.25, -0.2) is 15.0 Å². The number of likely N-dealkylation sites (N-methyl/N-ethyl adjacent to an activating group) is 1. The molecule has 0 radical (unpaired) electrons. The molecule has 0 saturated carbocycles. The van der Waals surface area contributed by atoms with Crippen LogP contribution in [0.1, 0.15) is 19.8 Å². The fourth-order valence-electron chi connectivity index (χ4n) is 1.64. The number of nitrogens with zero attached hydrogens (tertiary/aromatic N) is 4. The van der Waals surface area contributed by atoms with Gasteiger partial charge in [-0.2, -0.15) is 0 Å². The Kier molecular flexibility index (Phi) is 5.77. The Hall–Kier alpha value is -1.97. The molecule has 1 aliphatic rings. The van der Waals surface area contributed by atoms with E-state index in [-0.39, 0.29) is 0 Å². The maximum atomic E-state index is 4.34. The van der Waals surface area contributed by atoms with Crippen LogP contribution in [0.3, 0.4) is 0 Å². The minimum Gasteiger partial charge on any atom is -0.373 e. The minimum atomic E-state index is 0.575. The summed E-state index contributed by atoms with van der Waals surface area (Å²) in [6.45, 7) is 10.6. The molecular formula is C14H20N4. The molecule has 1 heterocycles. The fraction of sp³-hybridized carbons (Fsp3) is 0.357. The Morgan fingerprint density at radius 2 is 2.11 bits per heavy atom. The Labute approximate surface area is 109 Å². The third kappa shape index (κ3) is 3.52. The van der Waals surface area contributed by atoms with Crippen LogP contribution in [0.2, 0.25) is 0 Å². The van der Waals surface area contributed by atoms with Crippen molar-refractivity contribution in [3.63, 3.8) is 0 Å². The molecule has 96 valence electrons. The van der Waals surface area contributed by atoms with Gasteiger partial charge in [0.15, 0.2) is 5.84 Å². The van der Waals surface area contributed by atoms with Gasteiger partial charge < -0.3 is 4.90 Å². The number of aliphatic imine (C=N–C) groups is 3. The lowest BCUT2D eigenvalue weighted by Crippen LogP contribution is -2.21. The summed E-state index contributed by atoms with van der Waals surface area (Å²) >= 11 is 0. The number of unbranched alkanes of at least 4 members (excludes halogenated alkanes) is 1.